The molecule has 0 spiro atoms. The van der Waals surface area contributed by atoms with Gasteiger partial charge in [-0.1, -0.05) is 259 Å². The summed E-state index contributed by atoms with van der Waals surface area (Å²) in [4.78, 5) is 9.28. The van der Waals surface area contributed by atoms with Gasteiger partial charge in [0, 0.05) is 29.3 Å². The van der Waals surface area contributed by atoms with Crippen LogP contribution < -0.4 is 0 Å². The number of thiophene rings is 4. The maximum absolute atomic E-state index is 2.68. The minimum absolute atomic E-state index is 1.22. The minimum atomic E-state index is 1.22. The summed E-state index contributed by atoms with van der Waals surface area (Å²) < 4.78 is 0. The molecule has 0 amide bonds. The van der Waals surface area contributed by atoms with Crippen LogP contribution in [0.3, 0.4) is 0 Å². The summed E-state index contributed by atoms with van der Waals surface area (Å²) >= 11 is 8.30. The summed E-state index contributed by atoms with van der Waals surface area (Å²) in [5.41, 5.74) is 6.40. The normalized spacial score (nSPS) is 11.8. The highest BCUT2D eigenvalue weighted by Crippen LogP contribution is 2.48. The van der Waals surface area contributed by atoms with Crippen LogP contribution >= 0.6 is 45.3 Å². The summed E-state index contributed by atoms with van der Waals surface area (Å²) in [5, 5.41) is 5.00. The smallest absolute Gasteiger partial charge is 0.0481 e. The van der Waals surface area contributed by atoms with Gasteiger partial charge in [-0.2, -0.15) is 0 Å². The average molecular weight is 1000 g/mol. The lowest BCUT2D eigenvalue weighted by Gasteiger charge is -2.04. The zero-order valence-corrected chi connectivity index (χ0v) is 48.5. The molecule has 0 aliphatic carbocycles. The van der Waals surface area contributed by atoms with Crippen molar-refractivity contribution in [2.75, 3.05) is 0 Å². The Labute approximate surface area is 439 Å². The van der Waals surface area contributed by atoms with Crippen molar-refractivity contribution in [3.05, 3.63) is 57.3 Å². The van der Waals surface area contributed by atoms with Crippen LogP contribution in [0.4, 0.5) is 0 Å². The highest BCUT2D eigenvalue weighted by Gasteiger charge is 2.20. The second-order valence-electron chi connectivity index (χ2n) is 21.3. The Morgan fingerprint density at radius 3 is 0.882 bits per heavy atom. The highest BCUT2D eigenvalue weighted by molar-refractivity contribution is 7.28. The van der Waals surface area contributed by atoms with E-state index in [2.05, 4.69) is 85.4 Å². The molecule has 0 nitrogen and oxygen atoms in total. The maximum Gasteiger partial charge on any atom is 0.0481 e. The molecule has 4 heterocycles. The van der Waals surface area contributed by atoms with Crippen LogP contribution in [0.2, 0.25) is 0 Å². The van der Waals surface area contributed by atoms with E-state index in [4.69, 9.17) is 0 Å². The Bertz CT molecular complexity index is 1730. The van der Waals surface area contributed by atoms with Crippen molar-refractivity contribution in [3.63, 3.8) is 0 Å². The van der Waals surface area contributed by atoms with E-state index < -0.39 is 0 Å². The summed E-state index contributed by atoms with van der Waals surface area (Å²) in [6.45, 7) is 9.30. The largest absolute Gasteiger partial charge is 0.143 e. The molecule has 0 unspecified atom stereocenters. The van der Waals surface area contributed by atoms with Gasteiger partial charge in [-0.3, -0.25) is 0 Å². The van der Waals surface area contributed by atoms with Crippen molar-refractivity contribution in [1.82, 2.24) is 0 Å². The fourth-order valence-electron chi connectivity index (χ4n) is 10.4. The second kappa shape index (κ2) is 40.3. The first-order valence-corrected chi connectivity index (χ1v) is 33.5. The molecule has 4 aromatic rings. The van der Waals surface area contributed by atoms with Gasteiger partial charge in [-0.25, -0.2) is 0 Å². The zero-order chi connectivity index (χ0) is 48.0. The topological polar surface area (TPSA) is 0 Å². The number of hydrogen-bond acceptors (Lipinski definition) is 4. The van der Waals surface area contributed by atoms with Crippen LogP contribution in [0, 0.1) is 0 Å². The monoisotopic (exact) mass is 1000 g/mol. The Morgan fingerprint density at radius 2 is 0.515 bits per heavy atom. The van der Waals surface area contributed by atoms with Gasteiger partial charge in [0.15, 0.2) is 0 Å². The molecular weight excluding hydrogens is 897 g/mol. The summed E-state index contributed by atoms with van der Waals surface area (Å²) in [5.74, 6) is 0. The van der Waals surface area contributed by atoms with Gasteiger partial charge >= 0.3 is 0 Å². The van der Waals surface area contributed by atoms with E-state index in [1.807, 2.05) is 22.7 Å². The molecule has 386 valence electrons. The Morgan fingerprint density at radius 1 is 0.250 bits per heavy atom. The van der Waals surface area contributed by atoms with Crippen LogP contribution in [0.5, 0.6) is 0 Å². The molecule has 0 saturated carbocycles. The lowest BCUT2D eigenvalue weighted by molar-refractivity contribution is 0.556. The van der Waals surface area contributed by atoms with Gasteiger partial charge in [0.1, 0.15) is 0 Å². The second-order valence-corrected chi connectivity index (χ2v) is 25.2. The molecule has 0 aromatic carbocycles. The van der Waals surface area contributed by atoms with Crippen LogP contribution in [-0.2, 0) is 25.7 Å². The third-order valence-corrected chi connectivity index (χ3v) is 19.7. The van der Waals surface area contributed by atoms with Crippen LogP contribution in [0.15, 0.2) is 35.0 Å². The Hall–Kier alpha value is -1.20. The van der Waals surface area contributed by atoms with Gasteiger partial charge in [0.25, 0.3) is 0 Å². The van der Waals surface area contributed by atoms with Crippen molar-refractivity contribution < 1.29 is 0 Å². The zero-order valence-electron chi connectivity index (χ0n) is 45.2. The van der Waals surface area contributed by atoms with Gasteiger partial charge in [0.05, 0.1) is 0 Å². The van der Waals surface area contributed by atoms with E-state index in [1.165, 1.54) is 297 Å². The lowest BCUT2D eigenvalue weighted by atomic mass is 10.0. The van der Waals surface area contributed by atoms with Crippen molar-refractivity contribution in [2.24, 2.45) is 0 Å². The standard InChI is InChI=1S/C64H106S4/c1-5-9-13-17-21-25-29-33-37-41-45-55-49-59(65-53-55)60-51-57(47-43-39-35-31-27-23-19-15-11-7-3)64(67-60)62-52-58(48-44-40-36-32-28-24-20-16-12-8-4)63(68-62)61-50-56(54-66-61)46-42-38-34-30-26-22-18-14-10-6-2/h49-54H,5-48H2,1-4H3. The quantitative estimate of drug-likeness (QED) is 0.0387. The van der Waals surface area contributed by atoms with Crippen molar-refractivity contribution in [2.45, 2.75) is 310 Å². The van der Waals surface area contributed by atoms with Crippen molar-refractivity contribution >= 4 is 45.3 Å². The first-order valence-electron chi connectivity index (χ1n) is 30.1. The summed E-state index contributed by atoms with van der Waals surface area (Å²) in [7, 11) is 0. The molecule has 0 bridgehead atoms. The van der Waals surface area contributed by atoms with Crippen LogP contribution in [-0.4, -0.2) is 0 Å². The molecule has 0 saturated heterocycles. The number of aryl methyl sites for hydroxylation is 4. The fraction of sp³-hybridized carbons (Fsp3) is 0.750. The predicted molar refractivity (Wildman–Crippen MR) is 316 cm³/mol. The first-order chi connectivity index (χ1) is 33.7. The number of rotatable bonds is 47. The molecule has 0 aliphatic heterocycles. The maximum atomic E-state index is 2.68. The van der Waals surface area contributed by atoms with Gasteiger partial charge < -0.3 is 0 Å². The molecular formula is C64H106S4. The van der Waals surface area contributed by atoms with Crippen LogP contribution in [0.1, 0.15) is 307 Å². The van der Waals surface area contributed by atoms with Crippen molar-refractivity contribution in [3.8, 4) is 29.3 Å². The van der Waals surface area contributed by atoms with E-state index in [0.29, 0.717) is 0 Å². The molecule has 4 heteroatoms. The molecule has 0 N–H and O–H groups in total. The fourth-order valence-corrected chi connectivity index (χ4v) is 15.1. The molecule has 4 aromatic heterocycles. The van der Waals surface area contributed by atoms with E-state index in [-0.39, 0.29) is 0 Å². The molecule has 4 rings (SSSR count). The van der Waals surface area contributed by atoms with Crippen molar-refractivity contribution in [1.29, 1.82) is 0 Å². The first kappa shape index (κ1) is 59.4. The average Bonchev–Trinajstić information content (AvgIpc) is 4.19. The van der Waals surface area contributed by atoms with Gasteiger partial charge in [0.2, 0.25) is 0 Å². The Kier molecular flexibility index (Phi) is 35.2. The minimum Gasteiger partial charge on any atom is -0.143 e. The van der Waals surface area contributed by atoms with E-state index in [9.17, 15) is 0 Å². The third kappa shape index (κ3) is 26.0. The SMILES string of the molecule is CCCCCCCCCCCCc1csc(-c2cc(CCCCCCCCCCCC)c(-c3cc(CCCCCCCCCCCC)c(-c4cc(CCCCCCCCCCCC)cs4)s3)s2)c1. The van der Waals surface area contributed by atoms with Gasteiger partial charge in [-0.05, 0) is 109 Å². The predicted octanol–water partition coefficient (Wildman–Crippen LogP) is 24.8. The third-order valence-electron chi connectivity index (χ3n) is 14.9. The lowest BCUT2D eigenvalue weighted by Crippen LogP contribution is -1.88. The van der Waals surface area contributed by atoms with E-state index >= 15 is 0 Å². The summed E-state index contributed by atoms with van der Waals surface area (Å²) in [6.07, 6.45) is 61.2. The van der Waals surface area contributed by atoms with E-state index in [0.717, 1.165) is 0 Å². The Balaban J connectivity index is 1.43. The number of unbranched alkanes of at least 4 members (excludes halogenated alkanes) is 36. The molecule has 0 radical (unpaired) electrons. The van der Waals surface area contributed by atoms with E-state index in [1.54, 1.807) is 36.9 Å². The molecule has 68 heavy (non-hydrogen) atoms. The number of hydrogen-bond donors (Lipinski definition) is 0. The molecule has 0 aliphatic rings. The summed E-state index contributed by atoms with van der Waals surface area (Å²) in [6, 6.07) is 10.5. The molecule has 0 atom stereocenters. The highest BCUT2D eigenvalue weighted by atomic mass is 32.1. The van der Waals surface area contributed by atoms with Gasteiger partial charge in [-0.15, -0.1) is 45.3 Å². The molecule has 0 fully saturated rings. The van der Waals surface area contributed by atoms with Crippen LogP contribution in [0.25, 0.3) is 29.3 Å².